The monoisotopic (exact) mass is 224 g/mol. The molecule has 0 N–H and O–H groups in total. The van der Waals surface area contributed by atoms with Gasteiger partial charge in [-0.15, -0.1) is 11.3 Å². The number of hydrogen-bond donors (Lipinski definition) is 0. The molecule has 0 atom stereocenters. The van der Waals surface area contributed by atoms with Crippen molar-refractivity contribution in [2.75, 3.05) is 13.2 Å². The lowest BCUT2D eigenvalue weighted by Crippen LogP contribution is -2.28. The van der Waals surface area contributed by atoms with Crippen molar-refractivity contribution in [1.29, 1.82) is 0 Å². The van der Waals surface area contributed by atoms with Crippen LogP contribution in [-0.4, -0.2) is 24.4 Å². The standard InChI is InChI=1S/C11H16N2OS/c1-2-6-14-12-9-13-5-3-11-10(8-13)4-7-15-11/h4,7,9H,2-3,5-6,8H2,1H3. The molecule has 2 rings (SSSR count). The Morgan fingerprint density at radius 1 is 1.67 bits per heavy atom. The minimum absolute atomic E-state index is 0.702. The van der Waals surface area contributed by atoms with Gasteiger partial charge < -0.3 is 9.74 Å². The molecule has 0 spiro atoms. The summed E-state index contributed by atoms with van der Waals surface area (Å²) in [5.41, 5.74) is 1.44. The van der Waals surface area contributed by atoms with Gasteiger partial charge in [0.25, 0.3) is 0 Å². The number of rotatable bonds is 4. The lowest BCUT2D eigenvalue weighted by atomic mass is 10.1. The molecule has 0 aliphatic carbocycles. The van der Waals surface area contributed by atoms with Crippen LogP contribution in [0.4, 0.5) is 0 Å². The predicted molar refractivity (Wildman–Crippen MR) is 63.2 cm³/mol. The lowest BCUT2D eigenvalue weighted by molar-refractivity contribution is 0.142. The summed E-state index contributed by atoms with van der Waals surface area (Å²) in [6.45, 7) is 4.80. The molecule has 0 radical (unpaired) electrons. The average Bonchev–Trinajstić information content (AvgIpc) is 2.71. The first-order valence-corrected chi connectivity index (χ1v) is 6.23. The Bertz CT molecular complexity index is 335. The van der Waals surface area contributed by atoms with Gasteiger partial charge in [0, 0.05) is 18.0 Å². The average molecular weight is 224 g/mol. The molecule has 1 aromatic heterocycles. The summed E-state index contributed by atoms with van der Waals surface area (Å²) < 4.78 is 0. The van der Waals surface area contributed by atoms with Crippen LogP contribution in [0.25, 0.3) is 0 Å². The number of thiophene rings is 1. The molecule has 1 aliphatic rings. The van der Waals surface area contributed by atoms with Crippen LogP contribution >= 0.6 is 11.3 Å². The smallest absolute Gasteiger partial charge is 0.131 e. The first-order valence-electron chi connectivity index (χ1n) is 5.35. The molecular formula is C11H16N2OS. The summed E-state index contributed by atoms with van der Waals surface area (Å²) in [5.74, 6) is 0. The van der Waals surface area contributed by atoms with Gasteiger partial charge >= 0.3 is 0 Å². The van der Waals surface area contributed by atoms with E-state index in [2.05, 4.69) is 28.4 Å². The Balaban J connectivity index is 1.85. The molecule has 2 heterocycles. The van der Waals surface area contributed by atoms with Gasteiger partial charge in [0.1, 0.15) is 12.9 Å². The first-order chi connectivity index (χ1) is 7.40. The molecule has 0 amide bonds. The topological polar surface area (TPSA) is 24.8 Å². The van der Waals surface area contributed by atoms with Gasteiger partial charge in [0.2, 0.25) is 0 Å². The molecule has 1 aromatic rings. The summed E-state index contributed by atoms with van der Waals surface area (Å²) in [6, 6.07) is 2.20. The van der Waals surface area contributed by atoms with Crippen LogP contribution in [0.3, 0.4) is 0 Å². The lowest BCUT2D eigenvalue weighted by Gasteiger charge is -2.23. The highest BCUT2D eigenvalue weighted by Gasteiger charge is 2.14. The van der Waals surface area contributed by atoms with Crippen molar-refractivity contribution in [2.24, 2.45) is 5.16 Å². The van der Waals surface area contributed by atoms with Gasteiger partial charge in [-0.3, -0.25) is 0 Å². The van der Waals surface area contributed by atoms with Crippen molar-refractivity contribution in [2.45, 2.75) is 26.3 Å². The fourth-order valence-corrected chi connectivity index (χ4v) is 2.50. The maximum atomic E-state index is 5.09. The summed E-state index contributed by atoms with van der Waals surface area (Å²) >= 11 is 1.86. The van der Waals surface area contributed by atoms with E-state index >= 15 is 0 Å². The normalized spacial score (nSPS) is 15.7. The predicted octanol–water partition coefficient (Wildman–Crippen LogP) is 2.48. The van der Waals surface area contributed by atoms with E-state index in [0.29, 0.717) is 6.61 Å². The zero-order chi connectivity index (χ0) is 10.5. The van der Waals surface area contributed by atoms with Gasteiger partial charge in [0.05, 0.1) is 0 Å². The van der Waals surface area contributed by atoms with Gasteiger partial charge in [-0.1, -0.05) is 12.1 Å². The second kappa shape index (κ2) is 5.16. The van der Waals surface area contributed by atoms with Crippen molar-refractivity contribution in [3.05, 3.63) is 21.9 Å². The fourth-order valence-electron chi connectivity index (χ4n) is 1.61. The van der Waals surface area contributed by atoms with E-state index in [1.165, 1.54) is 10.4 Å². The van der Waals surface area contributed by atoms with Crippen LogP contribution in [-0.2, 0) is 17.8 Å². The number of nitrogens with zero attached hydrogens (tertiary/aromatic N) is 2. The molecule has 3 nitrogen and oxygen atoms in total. The Hall–Kier alpha value is -1.03. The van der Waals surface area contributed by atoms with Crippen LogP contribution in [0, 0.1) is 0 Å². The van der Waals surface area contributed by atoms with Crippen molar-refractivity contribution < 1.29 is 4.84 Å². The molecule has 0 fully saturated rings. The molecule has 0 aromatic carbocycles. The maximum Gasteiger partial charge on any atom is 0.131 e. The molecule has 15 heavy (non-hydrogen) atoms. The molecule has 4 heteroatoms. The molecule has 0 saturated carbocycles. The van der Waals surface area contributed by atoms with Crippen molar-refractivity contribution in [3.63, 3.8) is 0 Å². The van der Waals surface area contributed by atoms with Gasteiger partial charge in [-0.05, 0) is 29.9 Å². The van der Waals surface area contributed by atoms with Crippen LogP contribution in [0.5, 0.6) is 0 Å². The van der Waals surface area contributed by atoms with Crippen molar-refractivity contribution >= 4 is 17.7 Å². The fraction of sp³-hybridized carbons (Fsp3) is 0.545. The third kappa shape index (κ3) is 2.72. The van der Waals surface area contributed by atoms with E-state index in [1.807, 2.05) is 17.7 Å². The van der Waals surface area contributed by atoms with E-state index in [9.17, 15) is 0 Å². The SMILES string of the molecule is CCCON=CN1CCc2sccc2C1. The van der Waals surface area contributed by atoms with Gasteiger partial charge in [-0.2, -0.15) is 0 Å². The summed E-state index contributed by atoms with van der Waals surface area (Å²) in [6.07, 6.45) is 3.95. The number of oxime groups is 1. The van der Waals surface area contributed by atoms with Crippen LogP contribution in [0.2, 0.25) is 0 Å². The Morgan fingerprint density at radius 2 is 2.60 bits per heavy atom. The summed E-state index contributed by atoms with van der Waals surface area (Å²) in [7, 11) is 0. The highest BCUT2D eigenvalue weighted by atomic mass is 32.1. The third-order valence-electron chi connectivity index (χ3n) is 2.42. The molecule has 0 unspecified atom stereocenters. The summed E-state index contributed by atoms with van der Waals surface area (Å²) in [4.78, 5) is 8.81. The van der Waals surface area contributed by atoms with E-state index in [1.54, 1.807) is 0 Å². The van der Waals surface area contributed by atoms with Crippen LogP contribution < -0.4 is 0 Å². The Morgan fingerprint density at radius 3 is 3.47 bits per heavy atom. The second-order valence-corrected chi connectivity index (χ2v) is 4.64. The zero-order valence-corrected chi connectivity index (χ0v) is 9.80. The van der Waals surface area contributed by atoms with Crippen LogP contribution in [0.1, 0.15) is 23.8 Å². The molecule has 0 saturated heterocycles. The van der Waals surface area contributed by atoms with E-state index in [-0.39, 0.29) is 0 Å². The van der Waals surface area contributed by atoms with Crippen molar-refractivity contribution in [3.8, 4) is 0 Å². The largest absolute Gasteiger partial charge is 0.395 e. The minimum Gasteiger partial charge on any atom is -0.395 e. The second-order valence-electron chi connectivity index (χ2n) is 3.64. The Labute approximate surface area is 94.3 Å². The van der Waals surface area contributed by atoms with Gasteiger partial charge in [-0.25, -0.2) is 0 Å². The molecule has 1 aliphatic heterocycles. The summed E-state index contributed by atoms with van der Waals surface area (Å²) in [5, 5.41) is 6.11. The van der Waals surface area contributed by atoms with E-state index in [0.717, 1.165) is 25.9 Å². The molecule has 82 valence electrons. The molecule has 0 bridgehead atoms. The van der Waals surface area contributed by atoms with E-state index in [4.69, 9.17) is 4.84 Å². The third-order valence-corrected chi connectivity index (χ3v) is 3.44. The highest BCUT2D eigenvalue weighted by molar-refractivity contribution is 7.10. The number of hydrogen-bond acceptors (Lipinski definition) is 3. The minimum atomic E-state index is 0.702. The van der Waals surface area contributed by atoms with Crippen molar-refractivity contribution in [1.82, 2.24) is 4.90 Å². The number of fused-ring (bicyclic) bond motifs is 1. The zero-order valence-electron chi connectivity index (χ0n) is 8.98. The van der Waals surface area contributed by atoms with Gasteiger partial charge in [0.15, 0.2) is 0 Å². The molecular weight excluding hydrogens is 208 g/mol. The van der Waals surface area contributed by atoms with E-state index < -0.39 is 0 Å². The highest BCUT2D eigenvalue weighted by Crippen LogP contribution is 2.22. The quantitative estimate of drug-likeness (QED) is 0.340. The Kier molecular flexibility index (Phi) is 3.61. The maximum absolute atomic E-state index is 5.09. The van der Waals surface area contributed by atoms with Crippen LogP contribution in [0.15, 0.2) is 16.6 Å². The first kappa shape index (κ1) is 10.5.